The van der Waals surface area contributed by atoms with Crippen molar-refractivity contribution in [1.82, 2.24) is 20.4 Å². The Hall–Kier alpha value is -2.44. The van der Waals surface area contributed by atoms with Gasteiger partial charge in [-0.05, 0) is 77.0 Å². The van der Waals surface area contributed by atoms with Crippen molar-refractivity contribution in [3.05, 3.63) is 53.5 Å². The first kappa shape index (κ1) is 19.9. The minimum atomic E-state index is 0.483. The number of fused-ring (bicyclic) bond motifs is 1. The molecule has 154 valence electrons. The van der Waals surface area contributed by atoms with Crippen molar-refractivity contribution < 1.29 is 9.26 Å². The molecule has 1 fully saturated rings. The van der Waals surface area contributed by atoms with Gasteiger partial charge in [-0.2, -0.15) is 0 Å². The minimum absolute atomic E-state index is 0.483. The summed E-state index contributed by atoms with van der Waals surface area (Å²) >= 11 is 0. The maximum absolute atomic E-state index is 6.14. The topological polar surface area (TPSA) is 63.4 Å². The summed E-state index contributed by atoms with van der Waals surface area (Å²) in [4.78, 5) is 6.29. The fourth-order valence-corrected chi connectivity index (χ4v) is 4.03. The Morgan fingerprint density at radius 3 is 2.83 bits per heavy atom. The molecule has 0 aliphatic carbocycles. The number of rotatable bonds is 8. The van der Waals surface area contributed by atoms with Gasteiger partial charge in [0.15, 0.2) is 5.58 Å². The fourth-order valence-electron chi connectivity index (χ4n) is 4.03. The normalized spacial score (nSPS) is 15.3. The van der Waals surface area contributed by atoms with E-state index in [0.717, 1.165) is 65.5 Å². The first-order chi connectivity index (χ1) is 14.2. The Morgan fingerprint density at radius 2 is 2.07 bits per heavy atom. The van der Waals surface area contributed by atoms with Crippen LogP contribution >= 0.6 is 0 Å². The van der Waals surface area contributed by atoms with Crippen molar-refractivity contribution in [2.75, 3.05) is 27.2 Å². The Balaban J connectivity index is 1.54. The highest BCUT2D eigenvalue weighted by Crippen LogP contribution is 2.32. The molecule has 0 saturated carbocycles. The fraction of sp³-hybridized carbons (Fsp3) is 0.478. The number of aryl methyl sites for hydroxylation is 1. The summed E-state index contributed by atoms with van der Waals surface area (Å²) in [6.07, 6.45) is 8.26. The molecule has 0 radical (unpaired) electrons. The average molecular weight is 395 g/mol. The van der Waals surface area contributed by atoms with Crippen LogP contribution in [0.1, 0.15) is 36.1 Å². The average Bonchev–Trinajstić information content (AvgIpc) is 3.16. The Labute approximate surface area is 172 Å². The maximum Gasteiger partial charge on any atom is 0.175 e. The van der Waals surface area contributed by atoms with E-state index in [9.17, 15) is 0 Å². The smallest absolute Gasteiger partial charge is 0.175 e. The second-order valence-corrected chi connectivity index (χ2v) is 8.17. The predicted octanol–water partition coefficient (Wildman–Crippen LogP) is 3.80. The lowest BCUT2D eigenvalue weighted by Crippen LogP contribution is -2.27. The van der Waals surface area contributed by atoms with Crippen LogP contribution in [0.4, 0.5) is 0 Å². The highest BCUT2D eigenvalue weighted by Gasteiger charge is 2.19. The van der Waals surface area contributed by atoms with Crippen LogP contribution in [0.25, 0.3) is 11.0 Å². The highest BCUT2D eigenvalue weighted by molar-refractivity contribution is 5.84. The van der Waals surface area contributed by atoms with E-state index < -0.39 is 0 Å². The molecule has 0 bridgehead atoms. The number of hydrogen-bond donors (Lipinski definition) is 1. The van der Waals surface area contributed by atoms with Gasteiger partial charge in [0.2, 0.25) is 0 Å². The Morgan fingerprint density at radius 1 is 1.21 bits per heavy atom. The number of aromatic nitrogens is 2. The summed E-state index contributed by atoms with van der Waals surface area (Å²) < 4.78 is 12.0. The maximum atomic E-state index is 6.14. The second kappa shape index (κ2) is 9.37. The Bertz CT molecular complexity index is 917. The van der Waals surface area contributed by atoms with E-state index in [0.29, 0.717) is 6.61 Å². The van der Waals surface area contributed by atoms with Crippen LogP contribution < -0.4 is 10.1 Å². The summed E-state index contributed by atoms with van der Waals surface area (Å²) in [6.45, 7) is 3.49. The number of pyridine rings is 1. The molecule has 1 aliphatic heterocycles. The molecule has 0 unspecified atom stereocenters. The van der Waals surface area contributed by atoms with E-state index in [-0.39, 0.29) is 0 Å². The van der Waals surface area contributed by atoms with Crippen LogP contribution in [-0.2, 0) is 19.6 Å². The molecule has 29 heavy (non-hydrogen) atoms. The van der Waals surface area contributed by atoms with Gasteiger partial charge < -0.3 is 19.5 Å². The molecule has 3 heterocycles. The van der Waals surface area contributed by atoms with Crippen LogP contribution in [-0.4, -0.2) is 42.2 Å². The molecule has 3 aromatic rings. The van der Waals surface area contributed by atoms with Gasteiger partial charge in [0.25, 0.3) is 0 Å². The number of ether oxygens (including phenoxy) is 1. The zero-order valence-electron chi connectivity index (χ0n) is 17.4. The van der Waals surface area contributed by atoms with E-state index in [2.05, 4.69) is 46.6 Å². The van der Waals surface area contributed by atoms with Gasteiger partial charge >= 0.3 is 0 Å². The molecule has 1 aliphatic rings. The first-order valence-electron chi connectivity index (χ1n) is 10.5. The van der Waals surface area contributed by atoms with Crippen molar-refractivity contribution in [2.45, 2.75) is 38.8 Å². The predicted molar refractivity (Wildman–Crippen MR) is 114 cm³/mol. The van der Waals surface area contributed by atoms with Gasteiger partial charge in [-0.1, -0.05) is 11.2 Å². The van der Waals surface area contributed by atoms with Crippen LogP contribution in [0.3, 0.4) is 0 Å². The van der Waals surface area contributed by atoms with E-state index in [1.54, 1.807) is 6.20 Å². The summed E-state index contributed by atoms with van der Waals surface area (Å²) in [5.41, 5.74) is 4.01. The van der Waals surface area contributed by atoms with Crippen LogP contribution in [0, 0.1) is 5.92 Å². The van der Waals surface area contributed by atoms with E-state index in [4.69, 9.17) is 9.26 Å². The molecule has 6 nitrogen and oxygen atoms in total. The molecule has 0 amide bonds. The summed E-state index contributed by atoms with van der Waals surface area (Å²) in [7, 11) is 4.11. The quantitative estimate of drug-likeness (QED) is 0.627. The van der Waals surface area contributed by atoms with Crippen LogP contribution in [0.2, 0.25) is 0 Å². The first-order valence-corrected chi connectivity index (χ1v) is 10.5. The summed E-state index contributed by atoms with van der Waals surface area (Å²) in [6, 6.07) is 8.10. The molecular formula is C23H30N4O2. The van der Waals surface area contributed by atoms with Gasteiger partial charge in [0.05, 0.1) is 11.3 Å². The summed E-state index contributed by atoms with van der Waals surface area (Å²) in [5.74, 6) is 1.63. The number of hydrogen-bond acceptors (Lipinski definition) is 6. The van der Waals surface area contributed by atoms with Gasteiger partial charge in [-0.25, -0.2) is 0 Å². The minimum Gasteiger partial charge on any atom is -0.488 e. The number of benzene rings is 1. The molecule has 6 heteroatoms. The molecule has 1 saturated heterocycles. The van der Waals surface area contributed by atoms with E-state index in [1.165, 1.54) is 19.3 Å². The molecule has 0 spiro atoms. The molecule has 0 atom stereocenters. The Kier molecular flexibility index (Phi) is 6.42. The monoisotopic (exact) mass is 394 g/mol. The van der Waals surface area contributed by atoms with Crippen molar-refractivity contribution in [3.8, 4) is 5.75 Å². The third kappa shape index (κ3) is 4.95. The molecule has 1 aromatic carbocycles. The number of nitrogens with one attached hydrogen (secondary N) is 1. The number of piperidine rings is 1. The van der Waals surface area contributed by atoms with Crippen molar-refractivity contribution >= 4 is 11.0 Å². The summed E-state index contributed by atoms with van der Waals surface area (Å²) in [5, 5.41) is 8.98. The third-order valence-electron chi connectivity index (χ3n) is 5.62. The van der Waals surface area contributed by atoms with Gasteiger partial charge in [0.1, 0.15) is 12.4 Å². The standard InChI is InChI=1S/C23H30N4O2/c1-27(2)15-20-22(28-16-18-4-3-11-25-14-18)8-6-19-21(26-29-23(19)20)7-5-17-9-12-24-13-10-17/h3-4,6,8,11,14,17,24H,5,7,9-10,12-13,15-16H2,1-2H3. The van der Waals surface area contributed by atoms with Crippen molar-refractivity contribution in [3.63, 3.8) is 0 Å². The molecule has 2 aromatic heterocycles. The molecular weight excluding hydrogens is 364 g/mol. The van der Waals surface area contributed by atoms with Crippen LogP contribution in [0.5, 0.6) is 5.75 Å². The van der Waals surface area contributed by atoms with Crippen molar-refractivity contribution in [2.24, 2.45) is 5.92 Å². The zero-order chi connectivity index (χ0) is 20.1. The van der Waals surface area contributed by atoms with Gasteiger partial charge in [-0.3, -0.25) is 4.98 Å². The highest BCUT2D eigenvalue weighted by atomic mass is 16.5. The molecule has 1 N–H and O–H groups in total. The van der Waals surface area contributed by atoms with Crippen LogP contribution in [0.15, 0.2) is 41.2 Å². The SMILES string of the molecule is CN(C)Cc1c(OCc2cccnc2)ccc2c(CCC3CCNCC3)noc12. The van der Waals surface area contributed by atoms with E-state index >= 15 is 0 Å². The molecule has 4 rings (SSSR count). The van der Waals surface area contributed by atoms with Gasteiger partial charge in [-0.15, -0.1) is 0 Å². The third-order valence-corrected chi connectivity index (χ3v) is 5.62. The van der Waals surface area contributed by atoms with Gasteiger partial charge in [0, 0.05) is 29.9 Å². The van der Waals surface area contributed by atoms with E-state index in [1.807, 2.05) is 18.3 Å². The van der Waals surface area contributed by atoms with Crippen molar-refractivity contribution in [1.29, 1.82) is 0 Å². The lowest BCUT2D eigenvalue weighted by molar-refractivity contribution is 0.294. The lowest BCUT2D eigenvalue weighted by Gasteiger charge is -2.21. The number of nitrogens with zero attached hydrogens (tertiary/aromatic N) is 3. The second-order valence-electron chi connectivity index (χ2n) is 8.17. The lowest BCUT2D eigenvalue weighted by atomic mass is 9.92. The largest absolute Gasteiger partial charge is 0.488 e. The zero-order valence-corrected chi connectivity index (χ0v) is 17.4.